The fourth-order valence-corrected chi connectivity index (χ4v) is 3.03. The molecular weight excluding hydrogens is 314 g/mol. The van der Waals surface area contributed by atoms with Crippen molar-refractivity contribution in [1.82, 2.24) is 4.57 Å². The molecule has 0 aliphatic heterocycles. The molecule has 0 saturated heterocycles. The maximum atomic E-state index is 9.98. The van der Waals surface area contributed by atoms with E-state index in [1.807, 2.05) is 30.5 Å². The van der Waals surface area contributed by atoms with E-state index in [4.69, 9.17) is 11.6 Å². The first-order chi connectivity index (χ1) is 8.66. The van der Waals surface area contributed by atoms with Crippen molar-refractivity contribution < 1.29 is 5.11 Å². The monoisotopic (exact) mass is 325 g/mol. The Kier molecular flexibility index (Phi) is 3.22. The van der Waals surface area contributed by atoms with Gasteiger partial charge in [-0.25, -0.2) is 0 Å². The highest BCUT2D eigenvalue weighted by atomic mass is 79.9. The molecule has 1 unspecified atom stereocenters. The van der Waals surface area contributed by atoms with Crippen molar-refractivity contribution in [3.63, 3.8) is 0 Å². The molecule has 0 amide bonds. The lowest BCUT2D eigenvalue weighted by Crippen LogP contribution is -2.10. The summed E-state index contributed by atoms with van der Waals surface area (Å²) in [5.74, 6) is 0. The number of benzene rings is 1. The normalized spacial score (nSPS) is 18.7. The average molecular weight is 327 g/mol. The molecule has 0 bridgehead atoms. The van der Waals surface area contributed by atoms with Crippen molar-refractivity contribution in [2.75, 3.05) is 0 Å². The zero-order chi connectivity index (χ0) is 12.7. The molecular formula is C14H13BrClNO. The van der Waals surface area contributed by atoms with Gasteiger partial charge in [-0.05, 0) is 59.5 Å². The molecule has 4 heteroatoms. The quantitative estimate of drug-likeness (QED) is 0.832. The van der Waals surface area contributed by atoms with Crippen molar-refractivity contribution in [3.8, 4) is 5.69 Å². The van der Waals surface area contributed by atoms with Crippen LogP contribution in [0, 0.1) is 0 Å². The standard InChI is InChI=1S/C14H13BrClNO/c15-11-8-9(4-5-12(11)16)17-7-6-10-13(17)2-1-3-14(10)18/h4-8,14,18H,1-3H2. The van der Waals surface area contributed by atoms with Crippen molar-refractivity contribution in [2.45, 2.75) is 25.4 Å². The van der Waals surface area contributed by atoms with Gasteiger partial charge in [0.1, 0.15) is 0 Å². The predicted molar refractivity (Wildman–Crippen MR) is 76.4 cm³/mol. The van der Waals surface area contributed by atoms with Gasteiger partial charge in [-0.2, -0.15) is 0 Å². The van der Waals surface area contributed by atoms with E-state index in [1.165, 1.54) is 5.69 Å². The van der Waals surface area contributed by atoms with Crippen LogP contribution < -0.4 is 0 Å². The molecule has 1 heterocycles. The lowest BCUT2D eigenvalue weighted by molar-refractivity contribution is 0.156. The predicted octanol–water partition coefficient (Wildman–Crippen LogP) is 4.26. The van der Waals surface area contributed by atoms with E-state index in [2.05, 4.69) is 20.5 Å². The molecule has 1 aliphatic rings. The topological polar surface area (TPSA) is 25.2 Å². The number of rotatable bonds is 1. The third-order valence-electron chi connectivity index (χ3n) is 3.46. The number of nitrogens with zero attached hydrogens (tertiary/aromatic N) is 1. The summed E-state index contributed by atoms with van der Waals surface area (Å²) in [5, 5.41) is 10.7. The van der Waals surface area contributed by atoms with E-state index in [9.17, 15) is 5.11 Å². The lowest BCUT2D eigenvalue weighted by Gasteiger charge is -2.20. The van der Waals surface area contributed by atoms with E-state index in [0.717, 1.165) is 35.0 Å². The second kappa shape index (κ2) is 4.72. The summed E-state index contributed by atoms with van der Waals surface area (Å²) in [6, 6.07) is 7.90. The Morgan fingerprint density at radius 1 is 1.33 bits per heavy atom. The Morgan fingerprint density at radius 3 is 2.94 bits per heavy atom. The minimum absolute atomic E-state index is 0.314. The second-order valence-corrected chi connectivity index (χ2v) is 5.86. The van der Waals surface area contributed by atoms with Gasteiger partial charge in [-0.3, -0.25) is 0 Å². The summed E-state index contributed by atoms with van der Waals surface area (Å²) >= 11 is 9.46. The highest BCUT2D eigenvalue weighted by Gasteiger charge is 2.21. The zero-order valence-corrected chi connectivity index (χ0v) is 12.1. The molecule has 3 rings (SSSR count). The van der Waals surface area contributed by atoms with Crippen LogP contribution in [0.3, 0.4) is 0 Å². The molecule has 1 aliphatic carbocycles. The molecule has 0 fully saturated rings. The molecule has 94 valence electrons. The van der Waals surface area contributed by atoms with Crippen molar-refractivity contribution >= 4 is 27.5 Å². The Bertz CT molecular complexity index is 593. The van der Waals surface area contributed by atoms with Crippen LogP contribution in [-0.4, -0.2) is 9.67 Å². The molecule has 0 radical (unpaired) electrons. The minimum atomic E-state index is -0.314. The largest absolute Gasteiger partial charge is 0.388 e. The third-order valence-corrected chi connectivity index (χ3v) is 4.67. The summed E-state index contributed by atoms with van der Waals surface area (Å²) in [4.78, 5) is 0. The second-order valence-electron chi connectivity index (χ2n) is 4.59. The fourth-order valence-electron chi connectivity index (χ4n) is 2.54. The van der Waals surface area contributed by atoms with Gasteiger partial charge in [0.2, 0.25) is 0 Å². The van der Waals surface area contributed by atoms with Crippen LogP contribution in [0.25, 0.3) is 5.69 Å². The highest BCUT2D eigenvalue weighted by Crippen LogP contribution is 2.33. The number of aliphatic hydroxyl groups is 1. The van der Waals surface area contributed by atoms with Crippen LogP contribution in [0.5, 0.6) is 0 Å². The van der Waals surface area contributed by atoms with Crippen LogP contribution in [0.2, 0.25) is 5.02 Å². The first-order valence-corrected chi connectivity index (χ1v) is 7.17. The van der Waals surface area contributed by atoms with Crippen LogP contribution in [0.4, 0.5) is 0 Å². The third kappa shape index (κ3) is 2.00. The Balaban J connectivity index is 2.09. The number of hydrogen-bond acceptors (Lipinski definition) is 1. The SMILES string of the molecule is OC1CCCc2c1ccn2-c1ccc(Cl)c(Br)c1. The van der Waals surface area contributed by atoms with E-state index < -0.39 is 0 Å². The molecule has 1 aromatic heterocycles. The maximum absolute atomic E-state index is 9.98. The molecule has 1 aromatic carbocycles. The van der Waals surface area contributed by atoms with Gasteiger partial charge in [0, 0.05) is 27.6 Å². The number of hydrogen-bond donors (Lipinski definition) is 1. The smallest absolute Gasteiger partial charge is 0.0807 e. The fraction of sp³-hybridized carbons (Fsp3) is 0.286. The van der Waals surface area contributed by atoms with Crippen LogP contribution >= 0.6 is 27.5 Å². The molecule has 0 spiro atoms. The van der Waals surface area contributed by atoms with Gasteiger partial charge < -0.3 is 9.67 Å². The number of fused-ring (bicyclic) bond motifs is 1. The van der Waals surface area contributed by atoms with E-state index in [1.54, 1.807) is 0 Å². The van der Waals surface area contributed by atoms with E-state index in [0.29, 0.717) is 5.02 Å². The summed E-state index contributed by atoms with van der Waals surface area (Å²) in [6.45, 7) is 0. The lowest BCUT2D eigenvalue weighted by atomic mass is 9.95. The molecule has 2 aromatic rings. The molecule has 2 nitrogen and oxygen atoms in total. The Labute approximate surface area is 119 Å². The first-order valence-electron chi connectivity index (χ1n) is 6.00. The van der Waals surface area contributed by atoms with Gasteiger partial charge in [0.15, 0.2) is 0 Å². The van der Waals surface area contributed by atoms with Gasteiger partial charge in [0.25, 0.3) is 0 Å². The summed E-state index contributed by atoms with van der Waals surface area (Å²) < 4.78 is 3.03. The maximum Gasteiger partial charge on any atom is 0.0807 e. The summed E-state index contributed by atoms with van der Waals surface area (Å²) in [7, 11) is 0. The highest BCUT2D eigenvalue weighted by molar-refractivity contribution is 9.10. The van der Waals surface area contributed by atoms with Gasteiger partial charge in [-0.15, -0.1) is 0 Å². The Morgan fingerprint density at radius 2 is 2.17 bits per heavy atom. The summed E-state index contributed by atoms with van der Waals surface area (Å²) in [5.41, 5.74) is 3.34. The van der Waals surface area contributed by atoms with Gasteiger partial charge >= 0.3 is 0 Å². The van der Waals surface area contributed by atoms with Crippen molar-refractivity contribution in [2.24, 2.45) is 0 Å². The Hall–Kier alpha value is -0.770. The average Bonchev–Trinajstić information content (AvgIpc) is 2.78. The van der Waals surface area contributed by atoms with Crippen molar-refractivity contribution in [3.05, 3.63) is 51.2 Å². The van der Waals surface area contributed by atoms with Crippen LogP contribution in [-0.2, 0) is 6.42 Å². The number of aromatic nitrogens is 1. The molecule has 0 saturated carbocycles. The van der Waals surface area contributed by atoms with E-state index in [-0.39, 0.29) is 6.10 Å². The van der Waals surface area contributed by atoms with Gasteiger partial charge in [-0.1, -0.05) is 11.6 Å². The zero-order valence-electron chi connectivity index (χ0n) is 9.74. The van der Waals surface area contributed by atoms with Gasteiger partial charge in [0.05, 0.1) is 11.1 Å². The van der Waals surface area contributed by atoms with Crippen LogP contribution in [0.15, 0.2) is 34.9 Å². The minimum Gasteiger partial charge on any atom is -0.388 e. The first kappa shape index (κ1) is 12.3. The number of aliphatic hydroxyl groups excluding tert-OH is 1. The molecule has 1 atom stereocenters. The van der Waals surface area contributed by atoms with Crippen molar-refractivity contribution in [1.29, 1.82) is 0 Å². The molecule has 18 heavy (non-hydrogen) atoms. The molecule has 1 N–H and O–H groups in total. The number of halogens is 2. The van der Waals surface area contributed by atoms with E-state index >= 15 is 0 Å². The van der Waals surface area contributed by atoms with Crippen LogP contribution in [0.1, 0.15) is 30.2 Å². The summed E-state index contributed by atoms with van der Waals surface area (Å²) in [6.07, 6.45) is 4.62.